The lowest BCUT2D eigenvalue weighted by Gasteiger charge is -2.15. The Bertz CT molecular complexity index is 678. The van der Waals surface area contributed by atoms with E-state index in [0.717, 1.165) is 22.4 Å². The van der Waals surface area contributed by atoms with Crippen LogP contribution < -0.4 is 10.5 Å². The van der Waals surface area contributed by atoms with E-state index in [4.69, 9.17) is 15.7 Å². The molecule has 0 atom stereocenters. The highest BCUT2D eigenvalue weighted by molar-refractivity contribution is 5.98. The number of aryl methyl sites for hydroxylation is 2. The Morgan fingerprint density at radius 2 is 1.76 bits per heavy atom. The zero-order valence-electron chi connectivity index (χ0n) is 12.6. The van der Waals surface area contributed by atoms with E-state index in [1.54, 1.807) is 0 Å². The van der Waals surface area contributed by atoms with E-state index < -0.39 is 0 Å². The third kappa shape index (κ3) is 3.16. The average molecular weight is 284 g/mol. The predicted molar refractivity (Wildman–Crippen MR) is 83.9 cm³/mol. The third-order valence-electron chi connectivity index (χ3n) is 3.65. The van der Waals surface area contributed by atoms with Crippen molar-refractivity contribution in [2.45, 2.75) is 27.4 Å². The standard InChI is InChI=1S/C17H20N2O2/c1-11-8-9-12(2)16(13(11)3)21-10-14-6-4-5-7-15(14)17(18)19-20/h4-9,20H,10H2,1-3H3,(H2,18,19). The fraction of sp³-hybridized carbons (Fsp3) is 0.235. The van der Waals surface area contributed by atoms with Crippen LogP contribution in [0.2, 0.25) is 0 Å². The van der Waals surface area contributed by atoms with Gasteiger partial charge in [0.1, 0.15) is 12.4 Å². The van der Waals surface area contributed by atoms with Gasteiger partial charge in [0.15, 0.2) is 5.84 Å². The van der Waals surface area contributed by atoms with E-state index in [-0.39, 0.29) is 5.84 Å². The molecule has 2 rings (SSSR count). The fourth-order valence-corrected chi connectivity index (χ4v) is 2.25. The largest absolute Gasteiger partial charge is 0.488 e. The monoisotopic (exact) mass is 284 g/mol. The number of nitrogens with two attached hydrogens (primary N) is 1. The van der Waals surface area contributed by atoms with Crippen molar-refractivity contribution in [2.24, 2.45) is 10.9 Å². The minimum atomic E-state index is 0.0897. The SMILES string of the molecule is Cc1ccc(C)c(OCc2ccccc2/C(N)=N/O)c1C. The summed E-state index contributed by atoms with van der Waals surface area (Å²) in [5, 5.41) is 11.9. The van der Waals surface area contributed by atoms with Gasteiger partial charge in [-0.15, -0.1) is 0 Å². The van der Waals surface area contributed by atoms with Crippen molar-refractivity contribution in [1.29, 1.82) is 0 Å². The van der Waals surface area contributed by atoms with Gasteiger partial charge in [-0.05, 0) is 37.5 Å². The van der Waals surface area contributed by atoms with Gasteiger partial charge in [0.2, 0.25) is 0 Å². The van der Waals surface area contributed by atoms with Crippen LogP contribution in [0.3, 0.4) is 0 Å². The molecule has 2 aromatic rings. The van der Waals surface area contributed by atoms with Crippen molar-refractivity contribution in [3.63, 3.8) is 0 Å². The van der Waals surface area contributed by atoms with Gasteiger partial charge in [0, 0.05) is 11.1 Å². The van der Waals surface area contributed by atoms with Crippen molar-refractivity contribution < 1.29 is 9.94 Å². The maximum atomic E-state index is 8.84. The van der Waals surface area contributed by atoms with E-state index in [1.165, 1.54) is 5.56 Å². The van der Waals surface area contributed by atoms with Crippen LogP contribution in [0.5, 0.6) is 5.75 Å². The lowest BCUT2D eigenvalue weighted by atomic mass is 10.0. The van der Waals surface area contributed by atoms with Crippen molar-refractivity contribution in [3.8, 4) is 5.75 Å². The number of nitrogens with zero attached hydrogens (tertiary/aromatic N) is 1. The van der Waals surface area contributed by atoms with Crippen molar-refractivity contribution in [3.05, 3.63) is 64.2 Å². The molecule has 0 bridgehead atoms. The van der Waals surface area contributed by atoms with Gasteiger partial charge in [-0.25, -0.2) is 0 Å². The molecule has 0 saturated heterocycles. The first-order valence-corrected chi connectivity index (χ1v) is 6.80. The zero-order chi connectivity index (χ0) is 15.4. The van der Waals surface area contributed by atoms with Gasteiger partial charge in [-0.1, -0.05) is 41.6 Å². The second-order valence-corrected chi connectivity index (χ2v) is 5.08. The Morgan fingerprint density at radius 1 is 1.10 bits per heavy atom. The Hall–Kier alpha value is -2.49. The zero-order valence-corrected chi connectivity index (χ0v) is 12.6. The first-order valence-electron chi connectivity index (χ1n) is 6.80. The molecular formula is C17H20N2O2. The smallest absolute Gasteiger partial charge is 0.170 e. The lowest BCUT2D eigenvalue weighted by molar-refractivity contribution is 0.301. The van der Waals surface area contributed by atoms with Crippen molar-refractivity contribution in [2.75, 3.05) is 0 Å². The van der Waals surface area contributed by atoms with Crippen LogP contribution in [0.15, 0.2) is 41.6 Å². The number of benzene rings is 2. The van der Waals surface area contributed by atoms with Gasteiger partial charge >= 0.3 is 0 Å². The summed E-state index contributed by atoms with van der Waals surface area (Å²) in [6, 6.07) is 11.6. The van der Waals surface area contributed by atoms with Crippen LogP contribution in [-0.2, 0) is 6.61 Å². The molecule has 2 aromatic carbocycles. The average Bonchev–Trinajstić information content (AvgIpc) is 2.50. The Kier molecular flexibility index (Phi) is 4.48. The van der Waals surface area contributed by atoms with Gasteiger partial charge in [0.05, 0.1) is 0 Å². The normalized spacial score (nSPS) is 11.5. The molecular weight excluding hydrogens is 264 g/mol. The van der Waals surface area contributed by atoms with Gasteiger partial charge < -0.3 is 15.7 Å². The molecule has 0 aromatic heterocycles. The van der Waals surface area contributed by atoms with E-state index in [9.17, 15) is 0 Å². The Balaban J connectivity index is 2.28. The minimum Gasteiger partial charge on any atom is -0.488 e. The topological polar surface area (TPSA) is 67.8 Å². The summed E-state index contributed by atoms with van der Waals surface area (Å²) >= 11 is 0. The number of ether oxygens (including phenoxy) is 1. The molecule has 21 heavy (non-hydrogen) atoms. The highest BCUT2D eigenvalue weighted by atomic mass is 16.5. The number of oxime groups is 1. The highest BCUT2D eigenvalue weighted by Gasteiger charge is 2.10. The second kappa shape index (κ2) is 6.31. The first-order chi connectivity index (χ1) is 10.0. The van der Waals surface area contributed by atoms with Gasteiger partial charge in [-0.2, -0.15) is 0 Å². The molecule has 3 N–H and O–H groups in total. The summed E-state index contributed by atoms with van der Waals surface area (Å²) in [4.78, 5) is 0. The summed E-state index contributed by atoms with van der Waals surface area (Å²) in [6.07, 6.45) is 0. The first kappa shape index (κ1) is 14.9. The fourth-order valence-electron chi connectivity index (χ4n) is 2.25. The Labute approximate surface area is 124 Å². The lowest BCUT2D eigenvalue weighted by Crippen LogP contribution is -2.16. The van der Waals surface area contributed by atoms with Crippen LogP contribution in [0, 0.1) is 20.8 Å². The van der Waals surface area contributed by atoms with Crippen LogP contribution in [0.4, 0.5) is 0 Å². The maximum absolute atomic E-state index is 8.84. The van der Waals surface area contributed by atoms with Crippen LogP contribution >= 0.6 is 0 Å². The van der Waals surface area contributed by atoms with Crippen LogP contribution in [0.25, 0.3) is 0 Å². The molecule has 0 aliphatic carbocycles. The van der Waals surface area contributed by atoms with Crippen molar-refractivity contribution >= 4 is 5.84 Å². The number of amidine groups is 1. The summed E-state index contributed by atoms with van der Waals surface area (Å²) in [5.74, 6) is 0.983. The molecule has 110 valence electrons. The molecule has 0 radical (unpaired) electrons. The van der Waals surface area contributed by atoms with Crippen LogP contribution in [0.1, 0.15) is 27.8 Å². The summed E-state index contributed by atoms with van der Waals surface area (Å²) in [5.41, 5.74) is 10.7. The third-order valence-corrected chi connectivity index (χ3v) is 3.65. The molecule has 0 heterocycles. The molecule has 0 spiro atoms. The highest BCUT2D eigenvalue weighted by Crippen LogP contribution is 2.26. The number of rotatable bonds is 4. The summed E-state index contributed by atoms with van der Waals surface area (Å²) in [7, 11) is 0. The van der Waals surface area contributed by atoms with Crippen molar-refractivity contribution in [1.82, 2.24) is 0 Å². The molecule has 4 nitrogen and oxygen atoms in total. The van der Waals surface area contributed by atoms with Gasteiger partial charge in [-0.3, -0.25) is 0 Å². The van der Waals surface area contributed by atoms with E-state index in [0.29, 0.717) is 12.2 Å². The quantitative estimate of drug-likeness (QED) is 0.392. The minimum absolute atomic E-state index is 0.0897. The molecule has 0 aliphatic heterocycles. The maximum Gasteiger partial charge on any atom is 0.170 e. The predicted octanol–water partition coefficient (Wildman–Crippen LogP) is 3.29. The van der Waals surface area contributed by atoms with Crippen LogP contribution in [-0.4, -0.2) is 11.0 Å². The molecule has 0 unspecified atom stereocenters. The van der Waals surface area contributed by atoms with E-state index in [2.05, 4.69) is 18.1 Å². The molecule has 4 heteroatoms. The number of hydrogen-bond acceptors (Lipinski definition) is 3. The molecule has 0 aliphatic rings. The number of hydrogen-bond donors (Lipinski definition) is 2. The second-order valence-electron chi connectivity index (χ2n) is 5.08. The Morgan fingerprint density at radius 3 is 2.48 bits per heavy atom. The molecule has 0 amide bonds. The summed E-state index contributed by atoms with van der Waals surface area (Å²) in [6.45, 7) is 6.51. The van der Waals surface area contributed by atoms with E-state index >= 15 is 0 Å². The van der Waals surface area contributed by atoms with E-state index in [1.807, 2.05) is 44.2 Å². The molecule has 0 fully saturated rings. The van der Waals surface area contributed by atoms with Gasteiger partial charge in [0.25, 0.3) is 0 Å². The molecule has 0 saturated carbocycles. The summed E-state index contributed by atoms with van der Waals surface area (Å²) < 4.78 is 5.98.